The molecule has 0 aromatic heterocycles. The van der Waals surface area contributed by atoms with Gasteiger partial charge in [0, 0.05) is 0 Å². The number of aryl methyl sites for hydroxylation is 1. The Balaban J connectivity index is 2.18. The van der Waals surface area contributed by atoms with Gasteiger partial charge in [0.1, 0.15) is 0 Å². The minimum absolute atomic E-state index is 0.187. The fourth-order valence-corrected chi connectivity index (χ4v) is 4.41. The molecule has 0 saturated heterocycles. The highest BCUT2D eigenvalue weighted by molar-refractivity contribution is 5.85. The monoisotopic (exact) mass is 310 g/mol. The molecule has 0 saturated carbocycles. The topological polar surface area (TPSA) is 0 Å². The van der Waals surface area contributed by atoms with E-state index in [0.29, 0.717) is 0 Å². The van der Waals surface area contributed by atoms with E-state index in [1.165, 1.54) is 39.0 Å². The highest BCUT2D eigenvalue weighted by atomic mass is 14.5. The Morgan fingerprint density at radius 1 is 0.583 bits per heavy atom. The second kappa shape index (κ2) is 5.49. The van der Waals surface area contributed by atoms with Gasteiger partial charge < -0.3 is 0 Å². The highest BCUT2D eigenvalue weighted by Crippen LogP contribution is 2.54. The average Bonchev–Trinajstić information content (AvgIpc) is 2.87. The van der Waals surface area contributed by atoms with Crippen LogP contribution in [0.5, 0.6) is 0 Å². The molecule has 0 aliphatic heterocycles. The second-order valence-corrected chi connectivity index (χ2v) is 6.73. The summed E-state index contributed by atoms with van der Waals surface area (Å²) < 4.78 is 0. The summed E-state index contributed by atoms with van der Waals surface area (Å²) in [6, 6.07) is 28.6. The lowest BCUT2D eigenvalue weighted by Crippen LogP contribution is -2.29. The van der Waals surface area contributed by atoms with E-state index >= 15 is 0 Å². The first-order chi connectivity index (χ1) is 11.7. The molecule has 0 bridgehead atoms. The molecule has 1 aliphatic carbocycles. The third-order valence-electron chi connectivity index (χ3n) is 5.59. The van der Waals surface area contributed by atoms with Gasteiger partial charge in [0.05, 0.1) is 5.41 Å². The smallest absolute Gasteiger partial charge is 0.0622 e. The molecule has 118 valence electrons. The van der Waals surface area contributed by atoms with Crippen LogP contribution in [0.25, 0.3) is 5.57 Å². The molecule has 4 rings (SSSR count). The third-order valence-corrected chi connectivity index (χ3v) is 5.59. The number of hydrogen-bond donors (Lipinski definition) is 0. The molecule has 24 heavy (non-hydrogen) atoms. The first kappa shape index (κ1) is 15.0. The number of benzene rings is 3. The van der Waals surface area contributed by atoms with Crippen LogP contribution in [-0.2, 0) is 5.41 Å². The predicted molar refractivity (Wildman–Crippen MR) is 102 cm³/mol. The highest BCUT2D eigenvalue weighted by Gasteiger charge is 2.45. The lowest BCUT2D eigenvalue weighted by atomic mass is 9.66. The van der Waals surface area contributed by atoms with E-state index in [9.17, 15) is 0 Å². The van der Waals surface area contributed by atoms with Crippen molar-refractivity contribution >= 4 is 5.57 Å². The summed E-state index contributed by atoms with van der Waals surface area (Å²) in [6.45, 7) is 6.81. The molecule has 0 radical (unpaired) electrons. The zero-order chi connectivity index (χ0) is 16.7. The summed E-state index contributed by atoms with van der Waals surface area (Å²) in [6.07, 6.45) is 0. The quantitative estimate of drug-likeness (QED) is 0.533. The first-order valence-electron chi connectivity index (χ1n) is 8.57. The Hall–Kier alpha value is -2.60. The second-order valence-electron chi connectivity index (χ2n) is 6.73. The van der Waals surface area contributed by atoms with E-state index in [4.69, 9.17) is 0 Å². The maximum Gasteiger partial charge on any atom is 0.0673 e. The fourth-order valence-electron chi connectivity index (χ4n) is 4.41. The minimum atomic E-state index is -0.187. The molecule has 0 nitrogen and oxygen atoms in total. The van der Waals surface area contributed by atoms with Crippen molar-refractivity contribution in [2.75, 3.05) is 0 Å². The van der Waals surface area contributed by atoms with E-state index in [0.717, 1.165) is 0 Å². The zero-order valence-corrected chi connectivity index (χ0v) is 14.5. The van der Waals surface area contributed by atoms with Crippen molar-refractivity contribution in [1.29, 1.82) is 0 Å². The van der Waals surface area contributed by atoms with Crippen LogP contribution in [-0.4, -0.2) is 0 Å². The maximum atomic E-state index is 2.30. The van der Waals surface area contributed by atoms with Gasteiger partial charge in [-0.25, -0.2) is 0 Å². The summed E-state index contributed by atoms with van der Waals surface area (Å²) in [5.41, 5.74) is 9.54. The Morgan fingerprint density at radius 2 is 1.12 bits per heavy atom. The molecule has 3 aromatic carbocycles. The molecule has 0 amide bonds. The molecule has 0 heteroatoms. The first-order valence-corrected chi connectivity index (χ1v) is 8.57. The van der Waals surface area contributed by atoms with E-state index < -0.39 is 0 Å². The normalized spacial score (nSPS) is 15.5. The van der Waals surface area contributed by atoms with Gasteiger partial charge in [-0.15, -0.1) is 0 Å². The standard InChI is InChI=1S/C24H22/c1-17-11-10-16-22-18(2)19(3)24(23(17)22,20-12-6-4-7-13-20)21-14-8-5-9-15-21/h4-16H,1-3H3. The molecule has 1 aliphatic rings. The Kier molecular flexibility index (Phi) is 3.42. The van der Waals surface area contributed by atoms with Gasteiger partial charge in [-0.3, -0.25) is 0 Å². The largest absolute Gasteiger partial charge is 0.0673 e. The van der Waals surface area contributed by atoms with Crippen molar-refractivity contribution in [2.45, 2.75) is 26.2 Å². The molecule has 0 unspecified atom stereocenters. The molecule has 0 atom stereocenters. The van der Waals surface area contributed by atoms with Crippen LogP contribution in [0.2, 0.25) is 0 Å². The number of fused-ring (bicyclic) bond motifs is 1. The van der Waals surface area contributed by atoms with E-state index in [1.807, 2.05) is 0 Å². The molecular weight excluding hydrogens is 288 g/mol. The Morgan fingerprint density at radius 3 is 1.67 bits per heavy atom. The van der Waals surface area contributed by atoms with Gasteiger partial charge in [-0.05, 0) is 54.2 Å². The summed E-state index contributed by atoms with van der Waals surface area (Å²) in [5, 5.41) is 0. The summed E-state index contributed by atoms with van der Waals surface area (Å²) in [5.74, 6) is 0. The summed E-state index contributed by atoms with van der Waals surface area (Å²) in [7, 11) is 0. The molecular formula is C24H22. The molecule has 0 heterocycles. The van der Waals surface area contributed by atoms with E-state index in [2.05, 4.69) is 99.6 Å². The van der Waals surface area contributed by atoms with Crippen LogP contribution < -0.4 is 0 Å². The number of rotatable bonds is 2. The van der Waals surface area contributed by atoms with Crippen LogP contribution in [0.1, 0.15) is 41.7 Å². The maximum absolute atomic E-state index is 2.30. The SMILES string of the molecule is CC1=C(C)C(c2ccccc2)(c2ccccc2)c2c(C)cccc21. The predicted octanol–water partition coefficient (Wildman–Crippen LogP) is 6.14. The molecule has 0 spiro atoms. The third kappa shape index (κ3) is 1.86. The van der Waals surface area contributed by atoms with Crippen LogP contribution in [0, 0.1) is 6.92 Å². The average molecular weight is 310 g/mol. The molecule has 0 N–H and O–H groups in total. The van der Waals surface area contributed by atoms with Crippen molar-refractivity contribution in [3.05, 3.63) is 112 Å². The minimum Gasteiger partial charge on any atom is -0.0622 e. The Bertz CT molecular complexity index is 875. The van der Waals surface area contributed by atoms with Gasteiger partial charge in [0.15, 0.2) is 0 Å². The summed E-state index contributed by atoms with van der Waals surface area (Å²) >= 11 is 0. The van der Waals surface area contributed by atoms with Gasteiger partial charge >= 0.3 is 0 Å². The summed E-state index contributed by atoms with van der Waals surface area (Å²) in [4.78, 5) is 0. The fraction of sp³-hybridized carbons (Fsp3) is 0.167. The van der Waals surface area contributed by atoms with Crippen molar-refractivity contribution in [1.82, 2.24) is 0 Å². The van der Waals surface area contributed by atoms with Crippen LogP contribution >= 0.6 is 0 Å². The molecule has 0 fully saturated rings. The van der Waals surface area contributed by atoms with Crippen LogP contribution in [0.15, 0.2) is 84.4 Å². The van der Waals surface area contributed by atoms with E-state index in [-0.39, 0.29) is 5.41 Å². The van der Waals surface area contributed by atoms with Gasteiger partial charge in [-0.1, -0.05) is 84.4 Å². The zero-order valence-electron chi connectivity index (χ0n) is 14.5. The van der Waals surface area contributed by atoms with Gasteiger partial charge in [0.2, 0.25) is 0 Å². The van der Waals surface area contributed by atoms with Gasteiger partial charge in [0.25, 0.3) is 0 Å². The number of hydrogen-bond acceptors (Lipinski definition) is 0. The van der Waals surface area contributed by atoms with Crippen molar-refractivity contribution in [3.63, 3.8) is 0 Å². The number of allylic oxidation sites excluding steroid dienone is 2. The molecule has 3 aromatic rings. The van der Waals surface area contributed by atoms with Crippen LogP contribution in [0.3, 0.4) is 0 Å². The Labute approximate surface area is 144 Å². The van der Waals surface area contributed by atoms with Crippen molar-refractivity contribution in [3.8, 4) is 0 Å². The lowest BCUT2D eigenvalue weighted by Gasteiger charge is -2.35. The van der Waals surface area contributed by atoms with Crippen molar-refractivity contribution in [2.24, 2.45) is 0 Å². The van der Waals surface area contributed by atoms with Crippen LogP contribution in [0.4, 0.5) is 0 Å². The van der Waals surface area contributed by atoms with E-state index in [1.54, 1.807) is 0 Å². The van der Waals surface area contributed by atoms with Crippen molar-refractivity contribution < 1.29 is 0 Å². The van der Waals surface area contributed by atoms with Gasteiger partial charge in [-0.2, -0.15) is 0 Å². The lowest BCUT2D eigenvalue weighted by molar-refractivity contribution is 0.736.